The average Bonchev–Trinajstić information content (AvgIpc) is 1.67. The molecule has 0 aliphatic heterocycles. The smallest absolute Gasteiger partial charge is 0.0445 e. The van der Waals surface area contributed by atoms with Crippen molar-refractivity contribution in [3.05, 3.63) is 0 Å². The van der Waals surface area contributed by atoms with Crippen LogP contribution < -0.4 is 0 Å². The Morgan fingerprint density at radius 3 is 2.25 bits per heavy atom. The van der Waals surface area contributed by atoms with Crippen molar-refractivity contribution >= 4 is 0 Å². The topological polar surface area (TPSA) is 20.2 Å². The highest BCUT2D eigenvalue weighted by atomic mass is 16.3. The molecule has 0 radical (unpaired) electrons. The fourth-order valence-electron chi connectivity index (χ4n) is 0.352. The summed E-state index contributed by atoms with van der Waals surface area (Å²) in [5, 5.41) is 8.44. The molecule has 0 atom stereocenters. The Bertz CT molecular complexity index is 97.4. The number of terminal acetylenes is 1. The Morgan fingerprint density at radius 1 is 1.62 bits per heavy atom. The van der Waals surface area contributed by atoms with Crippen LogP contribution in [0.25, 0.3) is 0 Å². The minimum Gasteiger partial charge on any atom is -0.396 e. The number of hydrogen-bond donors (Lipinski definition) is 1. The molecule has 0 bridgehead atoms. The van der Waals surface area contributed by atoms with E-state index in [1.807, 2.05) is 13.8 Å². The number of rotatable bonds is 2. The van der Waals surface area contributed by atoms with Gasteiger partial charge in [-0.3, -0.25) is 0 Å². The Morgan fingerprint density at radius 2 is 2.12 bits per heavy atom. The van der Waals surface area contributed by atoms with Gasteiger partial charge in [-0.2, -0.15) is 0 Å². The molecule has 0 heterocycles. The number of aliphatic hydroxyl groups is 1. The van der Waals surface area contributed by atoms with Gasteiger partial charge in [0.15, 0.2) is 0 Å². The number of hydrogen-bond acceptors (Lipinski definition) is 1. The van der Waals surface area contributed by atoms with Crippen molar-refractivity contribution in [3.8, 4) is 12.3 Å². The fourth-order valence-corrected chi connectivity index (χ4v) is 0.352. The van der Waals surface area contributed by atoms with Gasteiger partial charge in [-0.1, -0.05) is 0 Å². The van der Waals surface area contributed by atoms with E-state index in [4.69, 9.17) is 11.5 Å². The van der Waals surface area contributed by atoms with Crippen LogP contribution in [0.2, 0.25) is 0 Å². The summed E-state index contributed by atoms with van der Waals surface area (Å²) in [6.07, 6.45) is 5.82. The van der Waals surface area contributed by atoms with Gasteiger partial charge in [-0.05, 0) is 20.3 Å². The minimum absolute atomic E-state index is 0.130. The first-order valence-electron chi connectivity index (χ1n) is 2.71. The third-order valence-electron chi connectivity index (χ3n) is 1.13. The molecule has 46 valence electrons. The lowest BCUT2D eigenvalue weighted by atomic mass is 9.91. The highest BCUT2D eigenvalue weighted by Crippen LogP contribution is 2.16. The average molecular weight is 112 g/mol. The fraction of sp³-hybridized carbons (Fsp3) is 0.714. The lowest BCUT2D eigenvalue weighted by Gasteiger charge is -2.13. The van der Waals surface area contributed by atoms with Gasteiger partial charge in [-0.15, -0.1) is 12.3 Å². The molecule has 0 saturated carbocycles. The van der Waals surface area contributed by atoms with E-state index in [-0.39, 0.29) is 12.0 Å². The van der Waals surface area contributed by atoms with Crippen LogP contribution >= 0.6 is 0 Å². The maximum Gasteiger partial charge on any atom is 0.0445 e. The van der Waals surface area contributed by atoms with Gasteiger partial charge >= 0.3 is 0 Å². The first-order chi connectivity index (χ1) is 3.62. The summed E-state index contributed by atoms with van der Waals surface area (Å²) in [5.74, 6) is 2.58. The van der Waals surface area contributed by atoms with E-state index in [1.54, 1.807) is 0 Å². The second-order valence-electron chi connectivity index (χ2n) is 2.50. The summed E-state index contributed by atoms with van der Waals surface area (Å²) < 4.78 is 0. The molecular formula is C7H12O. The molecule has 1 N–H and O–H groups in total. The van der Waals surface area contributed by atoms with E-state index >= 15 is 0 Å². The molecule has 1 nitrogen and oxygen atoms in total. The zero-order valence-electron chi connectivity index (χ0n) is 5.44. The summed E-state index contributed by atoms with van der Waals surface area (Å²) in [6, 6.07) is 0. The van der Waals surface area contributed by atoms with Gasteiger partial charge in [0.05, 0.1) is 0 Å². The molecule has 0 aliphatic rings. The molecule has 8 heavy (non-hydrogen) atoms. The van der Waals surface area contributed by atoms with Crippen molar-refractivity contribution in [1.29, 1.82) is 0 Å². The summed E-state index contributed by atoms with van der Waals surface area (Å²) >= 11 is 0. The Labute approximate surface area is 50.7 Å². The van der Waals surface area contributed by atoms with Crippen LogP contribution in [0.3, 0.4) is 0 Å². The molecular weight excluding hydrogens is 100 g/mol. The lowest BCUT2D eigenvalue weighted by Crippen LogP contribution is -2.09. The quantitative estimate of drug-likeness (QED) is 0.529. The van der Waals surface area contributed by atoms with Crippen molar-refractivity contribution < 1.29 is 5.11 Å². The molecule has 0 aliphatic carbocycles. The predicted molar refractivity (Wildman–Crippen MR) is 34.3 cm³/mol. The summed E-state index contributed by atoms with van der Waals surface area (Å²) in [6.45, 7) is 4.05. The van der Waals surface area contributed by atoms with Gasteiger partial charge in [0.2, 0.25) is 0 Å². The lowest BCUT2D eigenvalue weighted by molar-refractivity contribution is 0.245. The van der Waals surface area contributed by atoms with Crippen molar-refractivity contribution in [2.45, 2.75) is 20.3 Å². The first-order valence-corrected chi connectivity index (χ1v) is 2.71. The van der Waals surface area contributed by atoms with Gasteiger partial charge in [0, 0.05) is 12.0 Å². The zero-order chi connectivity index (χ0) is 6.62. The number of aliphatic hydroxyl groups excluding tert-OH is 1. The van der Waals surface area contributed by atoms with E-state index < -0.39 is 0 Å². The predicted octanol–water partition coefficient (Wildman–Crippen LogP) is 1.03. The van der Waals surface area contributed by atoms with E-state index in [9.17, 15) is 0 Å². The van der Waals surface area contributed by atoms with E-state index in [2.05, 4.69) is 5.92 Å². The molecule has 0 amide bonds. The normalized spacial score (nSPS) is 10.8. The summed E-state index contributed by atoms with van der Waals surface area (Å²) in [7, 11) is 0. The van der Waals surface area contributed by atoms with E-state index in [1.165, 1.54) is 0 Å². The third-order valence-corrected chi connectivity index (χ3v) is 1.13. The van der Waals surface area contributed by atoms with Crippen LogP contribution in [0, 0.1) is 17.8 Å². The second kappa shape index (κ2) is 2.74. The van der Waals surface area contributed by atoms with Crippen molar-refractivity contribution in [2.75, 3.05) is 6.61 Å². The Hall–Kier alpha value is -0.480. The molecule has 0 aromatic heterocycles. The molecule has 0 fully saturated rings. The Kier molecular flexibility index (Phi) is 2.57. The maximum atomic E-state index is 8.44. The Balaban J connectivity index is 3.59. The molecule has 0 rings (SSSR count). The van der Waals surface area contributed by atoms with Crippen LogP contribution in [0.1, 0.15) is 20.3 Å². The largest absolute Gasteiger partial charge is 0.396 e. The second-order valence-corrected chi connectivity index (χ2v) is 2.50. The van der Waals surface area contributed by atoms with Crippen molar-refractivity contribution in [3.63, 3.8) is 0 Å². The SMILES string of the molecule is C#CC(C)(C)CCO. The third kappa shape index (κ3) is 2.65. The highest BCUT2D eigenvalue weighted by Gasteiger charge is 2.11. The molecule has 0 saturated heterocycles. The monoisotopic (exact) mass is 112 g/mol. The summed E-state index contributed by atoms with van der Waals surface area (Å²) in [5.41, 5.74) is -0.130. The minimum atomic E-state index is -0.130. The van der Waals surface area contributed by atoms with Crippen LogP contribution in [-0.4, -0.2) is 11.7 Å². The molecule has 0 spiro atoms. The van der Waals surface area contributed by atoms with Crippen LogP contribution in [0.5, 0.6) is 0 Å². The summed E-state index contributed by atoms with van der Waals surface area (Å²) in [4.78, 5) is 0. The molecule has 1 heteroatoms. The van der Waals surface area contributed by atoms with Gasteiger partial charge in [-0.25, -0.2) is 0 Å². The van der Waals surface area contributed by atoms with Gasteiger partial charge in [0.1, 0.15) is 0 Å². The first kappa shape index (κ1) is 7.52. The van der Waals surface area contributed by atoms with Crippen LogP contribution in [-0.2, 0) is 0 Å². The zero-order valence-corrected chi connectivity index (χ0v) is 5.44. The molecule has 0 aromatic rings. The van der Waals surface area contributed by atoms with Crippen molar-refractivity contribution in [2.24, 2.45) is 5.41 Å². The maximum absolute atomic E-state index is 8.44. The van der Waals surface area contributed by atoms with Gasteiger partial charge in [0.25, 0.3) is 0 Å². The standard InChI is InChI=1S/C7H12O/c1-4-7(2,3)5-6-8/h1,8H,5-6H2,2-3H3. The molecule has 0 unspecified atom stereocenters. The van der Waals surface area contributed by atoms with Crippen molar-refractivity contribution in [1.82, 2.24) is 0 Å². The van der Waals surface area contributed by atoms with E-state index in [0.717, 1.165) is 0 Å². The highest BCUT2D eigenvalue weighted by molar-refractivity contribution is 4.99. The van der Waals surface area contributed by atoms with Crippen LogP contribution in [0.4, 0.5) is 0 Å². The van der Waals surface area contributed by atoms with E-state index in [0.29, 0.717) is 6.42 Å². The molecule has 0 aromatic carbocycles. The van der Waals surface area contributed by atoms with Gasteiger partial charge < -0.3 is 5.11 Å². The van der Waals surface area contributed by atoms with Crippen LogP contribution in [0.15, 0.2) is 0 Å².